The molecule has 0 saturated heterocycles. The van der Waals surface area contributed by atoms with E-state index in [1.165, 1.54) is 0 Å². The molecule has 0 aliphatic carbocycles. The van der Waals surface area contributed by atoms with Crippen LogP contribution in [0, 0.1) is 0 Å². The molecule has 0 amide bonds. The van der Waals surface area contributed by atoms with Gasteiger partial charge in [-0.1, -0.05) is 6.92 Å². The minimum absolute atomic E-state index is 0.287. The van der Waals surface area contributed by atoms with E-state index >= 15 is 0 Å². The molecule has 0 aromatic heterocycles. The summed E-state index contributed by atoms with van der Waals surface area (Å²) in [5.74, 6) is 0. The van der Waals surface area contributed by atoms with Gasteiger partial charge in [0.15, 0.2) is 0 Å². The molecule has 1 atom stereocenters. The van der Waals surface area contributed by atoms with E-state index in [9.17, 15) is 13.0 Å². The number of hydrogen-bond acceptors (Lipinski definition) is 5. The highest BCUT2D eigenvalue weighted by Crippen LogP contribution is 1.98. The fraction of sp³-hybridized carbons (Fsp3) is 1.00. The Morgan fingerprint density at radius 3 is 1.71 bits per heavy atom. The summed E-state index contributed by atoms with van der Waals surface area (Å²) < 4.78 is 31.9. The molecule has 1 unspecified atom stereocenters. The van der Waals surface area contributed by atoms with Crippen LogP contribution in [0.3, 0.4) is 0 Å². The van der Waals surface area contributed by atoms with Crippen LogP contribution < -0.4 is 5.73 Å². The Hall–Kier alpha value is -0.210. The molecule has 0 fully saturated rings. The number of nitrogens with zero attached hydrogens (tertiary/aromatic N) is 1. The van der Waals surface area contributed by atoms with E-state index in [0.717, 1.165) is 18.0 Å². The summed E-state index contributed by atoms with van der Waals surface area (Å²) >= 11 is 0. The number of rotatable bonds is 3. The lowest BCUT2D eigenvalue weighted by molar-refractivity contribution is -0.895. The molecule has 0 saturated carbocycles. The van der Waals surface area contributed by atoms with Crippen molar-refractivity contribution in [2.75, 3.05) is 28.3 Å². The molecule has 88 valence electrons. The zero-order chi connectivity index (χ0) is 12.0. The molecule has 0 bridgehead atoms. The van der Waals surface area contributed by atoms with Crippen molar-refractivity contribution in [3.05, 3.63) is 0 Å². The lowest BCUT2D eigenvalue weighted by Gasteiger charge is -2.30. The van der Waals surface area contributed by atoms with Crippen LogP contribution in [0.15, 0.2) is 0 Å². The third kappa shape index (κ3) is 11.8. The van der Waals surface area contributed by atoms with E-state index in [-0.39, 0.29) is 6.17 Å². The third-order valence-electron chi connectivity index (χ3n) is 1.62. The van der Waals surface area contributed by atoms with Crippen LogP contribution >= 0.6 is 0 Å². The van der Waals surface area contributed by atoms with Gasteiger partial charge in [0.25, 0.3) is 0 Å². The fourth-order valence-corrected chi connectivity index (χ4v) is 0.548. The van der Waals surface area contributed by atoms with Gasteiger partial charge < -0.3 is 9.04 Å². The summed E-state index contributed by atoms with van der Waals surface area (Å²) in [4.78, 5) is 0. The molecule has 0 aliphatic heterocycles. The highest BCUT2D eigenvalue weighted by molar-refractivity contribution is 7.80. The van der Waals surface area contributed by atoms with Crippen LogP contribution in [-0.4, -0.2) is 51.9 Å². The molecular formula is C7H20N2O4S. The van der Waals surface area contributed by atoms with Gasteiger partial charge in [0.1, 0.15) is 6.17 Å². The molecule has 0 heterocycles. The zero-order valence-electron chi connectivity index (χ0n) is 9.35. The first kappa shape index (κ1) is 16.2. The Morgan fingerprint density at radius 1 is 1.43 bits per heavy atom. The van der Waals surface area contributed by atoms with Crippen LogP contribution in [0.1, 0.15) is 13.3 Å². The van der Waals surface area contributed by atoms with Crippen molar-refractivity contribution in [3.8, 4) is 0 Å². The van der Waals surface area contributed by atoms with Crippen molar-refractivity contribution in [2.24, 2.45) is 5.73 Å². The lowest BCUT2D eigenvalue weighted by atomic mass is 10.3. The summed E-state index contributed by atoms with van der Waals surface area (Å²) in [5, 5.41) is 0. The van der Waals surface area contributed by atoms with Gasteiger partial charge in [-0.2, -0.15) is 0 Å². The maximum absolute atomic E-state index is 9.22. The van der Waals surface area contributed by atoms with Crippen molar-refractivity contribution in [1.29, 1.82) is 0 Å². The molecule has 6 nitrogen and oxygen atoms in total. The normalized spacial score (nSPS) is 14.2. The molecule has 7 heteroatoms. The average Bonchev–Trinajstić information content (AvgIpc) is 2.01. The largest absolute Gasteiger partial charge is 0.726 e. The first-order valence-electron chi connectivity index (χ1n) is 4.12. The monoisotopic (exact) mass is 228 g/mol. The Kier molecular flexibility index (Phi) is 7.31. The van der Waals surface area contributed by atoms with E-state index in [4.69, 9.17) is 5.73 Å². The second kappa shape index (κ2) is 6.31. The van der Waals surface area contributed by atoms with E-state index in [1.807, 2.05) is 0 Å². The third-order valence-corrected chi connectivity index (χ3v) is 2.03. The van der Waals surface area contributed by atoms with Crippen molar-refractivity contribution >= 4 is 10.4 Å². The van der Waals surface area contributed by atoms with Crippen LogP contribution in [-0.2, 0) is 14.6 Å². The molecule has 14 heavy (non-hydrogen) atoms. The quantitative estimate of drug-likeness (QED) is 0.304. The van der Waals surface area contributed by atoms with E-state index in [0.29, 0.717) is 0 Å². The molecule has 0 aliphatic rings. The second-order valence-corrected chi connectivity index (χ2v) is 4.82. The molecule has 0 spiro atoms. The van der Waals surface area contributed by atoms with Crippen molar-refractivity contribution in [3.63, 3.8) is 0 Å². The zero-order valence-corrected chi connectivity index (χ0v) is 10.2. The molecule has 0 rings (SSSR count). The van der Waals surface area contributed by atoms with Crippen molar-refractivity contribution in [1.82, 2.24) is 0 Å². The number of hydrogen-bond donors (Lipinski definition) is 1. The minimum atomic E-state index is -4.41. The summed E-state index contributed by atoms with van der Waals surface area (Å²) in [7, 11) is 2.71. The number of nitrogens with two attached hydrogens (primary N) is 1. The summed E-state index contributed by atoms with van der Waals surface area (Å²) in [5.41, 5.74) is 5.72. The predicted molar refractivity (Wildman–Crippen MR) is 53.0 cm³/mol. The first-order valence-corrected chi connectivity index (χ1v) is 5.46. The standard InChI is InChI=1S/C6H17N2.CH4O4S/c1-5-6(7)8(2,3)4;1-5-6(2,3)4/h6H,5,7H2,1-4H3;1H3,(H,2,3,4)/q+1;/p-1. The van der Waals surface area contributed by atoms with Gasteiger partial charge in [-0.05, 0) is 0 Å². The SMILES string of the molecule is CCC(N)[N+](C)(C)C.COS(=O)(=O)[O-]. The first-order chi connectivity index (χ1) is 6.04. The van der Waals surface area contributed by atoms with Crippen molar-refractivity contribution < 1.29 is 21.6 Å². The summed E-state index contributed by atoms with van der Waals surface area (Å²) in [6.07, 6.45) is 1.33. The summed E-state index contributed by atoms with van der Waals surface area (Å²) in [6, 6.07) is 0. The lowest BCUT2D eigenvalue weighted by Crippen LogP contribution is -2.50. The average molecular weight is 228 g/mol. The van der Waals surface area contributed by atoms with Gasteiger partial charge in [-0.25, -0.2) is 8.42 Å². The predicted octanol–water partition coefficient (Wildman–Crippen LogP) is -0.520. The van der Waals surface area contributed by atoms with Gasteiger partial charge in [0.2, 0.25) is 10.4 Å². The fourth-order valence-electron chi connectivity index (χ4n) is 0.548. The highest BCUT2D eigenvalue weighted by Gasteiger charge is 2.14. The topological polar surface area (TPSA) is 92.5 Å². The van der Waals surface area contributed by atoms with Gasteiger partial charge in [0, 0.05) is 6.42 Å². The molecular weight excluding hydrogens is 208 g/mol. The van der Waals surface area contributed by atoms with Crippen LogP contribution in [0.5, 0.6) is 0 Å². The van der Waals surface area contributed by atoms with E-state index in [1.54, 1.807) is 0 Å². The van der Waals surface area contributed by atoms with Crippen LogP contribution in [0.25, 0.3) is 0 Å². The number of quaternary nitrogens is 1. The maximum Gasteiger partial charge on any atom is 0.217 e. The van der Waals surface area contributed by atoms with E-state index in [2.05, 4.69) is 32.2 Å². The highest BCUT2D eigenvalue weighted by atomic mass is 32.3. The Morgan fingerprint density at radius 2 is 1.71 bits per heavy atom. The van der Waals surface area contributed by atoms with Crippen molar-refractivity contribution in [2.45, 2.75) is 19.5 Å². The smallest absolute Gasteiger partial charge is 0.217 e. The Bertz CT molecular complexity index is 233. The van der Waals surface area contributed by atoms with Crippen LogP contribution in [0.4, 0.5) is 0 Å². The van der Waals surface area contributed by atoms with Crippen LogP contribution in [0.2, 0.25) is 0 Å². The van der Waals surface area contributed by atoms with E-state index < -0.39 is 10.4 Å². The minimum Gasteiger partial charge on any atom is -0.726 e. The van der Waals surface area contributed by atoms with Gasteiger partial charge in [-0.3, -0.25) is 9.92 Å². The molecule has 2 N–H and O–H groups in total. The Balaban J connectivity index is 0. The molecule has 0 aromatic carbocycles. The van der Waals surface area contributed by atoms with Gasteiger partial charge >= 0.3 is 0 Å². The van der Waals surface area contributed by atoms with Gasteiger partial charge in [-0.15, -0.1) is 0 Å². The maximum atomic E-state index is 9.22. The molecule has 0 aromatic rings. The van der Waals surface area contributed by atoms with Gasteiger partial charge in [0.05, 0.1) is 28.3 Å². The Labute approximate surface area is 86.2 Å². The molecule has 0 radical (unpaired) electrons. The second-order valence-electron chi connectivity index (χ2n) is 3.67. The summed E-state index contributed by atoms with van der Waals surface area (Å²) in [6.45, 7) is 2.11.